The van der Waals surface area contributed by atoms with Crippen molar-refractivity contribution in [1.29, 1.82) is 0 Å². The van der Waals surface area contributed by atoms with Crippen LogP contribution in [0.15, 0.2) is 36.4 Å². The van der Waals surface area contributed by atoms with Gasteiger partial charge < -0.3 is 14.6 Å². The largest absolute Gasteiger partial charge is 0.508 e. The lowest BCUT2D eigenvalue weighted by atomic mass is 10.0. The third-order valence-electron chi connectivity index (χ3n) is 4.92. The van der Waals surface area contributed by atoms with E-state index >= 15 is 0 Å². The van der Waals surface area contributed by atoms with Gasteiger partial charge in [-0.2, -0.15) is 0 Å². The summed E-state index contributed by atoms with van der Waals surface area (Å²) in [6.07, 6.45) is 0.913. The molecule has 1 aromatic heterocycles. The molecule has 2 heterocycles. The van der Waals surface area contributed by atoms with E-state index in [1.54, 1.807) is 6.07 Å². The van der Waals surface area contributed by atoms with Gasteiger partial charge in [0.1, 0.15) is 11.6 Å². The van der Waals surface area contributed by atoms with Crippen LogP contribution in [0.4, 0.5) is 10.1 Å². The van der Waals surface area contributed by atoms with Gasteiger partial charge in [0.15, 0.2) is 0 Å². The molecule has 3 nitrogen and oxygen atoms in total. The molecule has 0 fully saturated rings. The smallest absolute Gasteiger partial charge is 0.123 e. The van der Waals surface area contributed by atoms with E-state index in [0.717, 1.165) is 41.7 Å². The monoisotopic (exact) mass is 310 g/mol. The number of hydrogen-bond donors (Lipinski definition) is 1. The number of phenols is 1. The Balaban J connectivity index is 1.79. The number of phenolic OH excluding ortho intramolecular Hbond substituents is 1. The maximum atomic E-state index is 13.7. The summed E-state index contributed by atoms with van der Waals surface area (Å²) in [5.41, 5.74) is 5.42. The molecule has 4 rings (SSSR count). The van der Waals surface area contributed by atoms with Gasteiger partial charge >= 0.3 is 0 Å². The third kappa shape index (κ3) is 2.17. The van der Waals surface area contributed by atoms with Gasteiger partial charge in [-0.15, -0.1) is 0 Å². The van der Waals surface area contributed by atoms with Gasteiger partial charge in [0.2, 0.25) is 0 Å². The first-order chi connectivity index (χ1) is 11.0. The van der Waals surface area contributed by atoms with Crippen LogP contribution in [-0.4, -0.2) is 16.2 Å². The van der Waals surface area contributed by atoms with E-state index in [2.05, 4.69) is 9.47 Å². The van der Waals surface area contributed by atoms with Gasteiger partial charge in [-0.25, -0.2) is 4.39 Å². The van der Waals surface area contributed by atoms with Crippen molar-refractivity contribution in [3.63, 3.8) is 0 Å². The first-order valence-electron chi connectivity index (χ1n) is 7.85. The molecule has 4 heteroatoms. The van der Waals surface area contributed by atoms with Crippen molar-refractivity contribution in [3.8, 4) is 5.75 Å². The molecule has 3 aromatic rings. The first-order valence-corrected chi connectivity index (χ1v) is 7.85. The average Bonchev–Trinajstić information content (AvgIpc) is 2.82. The molecule has 0 unspecified atom stereocenters. The summed E-state index contributed by atoms with van der Waals surface area (Å²) in [6, 6.07) is 10.8. The fraction of sp³-hybridized carbons (Fsp3) is 0.263. The quantitative estimate of drug-likeness (QED) is 0.738. The molecule has 1 aliphatic rings. The van der Waals surface area contributed by atoms with Crippen molar-refractivity contribution in [2.24, 2.45) is 7.05 Å². The fourth-order valence-electron chi connectivity index (χ4n) is 3.57. The maximum absolute atomic E-state index is 13.7. The number of nitrogens with zero attached hydrogens (tertiary/aromatic N) is 2. The Kier molecular flexibility index (Phi) is 3.08. The van der Waals surface area contributed by atoms with E-state index in [0.29, 0.717) is 5.75 Å². The summed E-state index contributed by atoms with van der Waals surface area (Å²) >= 11 is 0. The van der Waals surface area contributed by atoms with E-state index in [4.69, 9.17) is 0 Å². The molecule has 1 aliphatic heterocycles. The second-order valence-corrected chi connectivity index (χ2v) is 6.29. The van der Waals surface area contributed by atoms with Crippen LogP contribution in [0.2, 0.25) is 0 Å². The first kappa shape index (κ1) is 14.1. The molecule has 1 N–H and O–H groups in total. The number of anilines is 1. The number of rotatable bonds is 1. The van der Waals surface area contributed by atoms with E-state index in [-0.39, 0.29) is 5.82 Å². The van der Waals surface area contributed by atoms with E-state index in [9.17, 15) is 9.50 Å². The molecule has 0 radical (unpaired) electrons. The summed E-state index contributed by atoms with van der Waals surface area (Å²) in [5.74, 6) is 0.119. The Morgan fingerprint density at radius 2 is 1.96 bits per heavy atom. The number of aromatic nitrogens is 1. The Morgan fingerprint density at radius 3 is 2.74 bits per heavy atom. The van der Waals surface area contributed by atoms with Crippen LogP contribution in [0.3, 0.4) is 0 Å². The molecule has 23 heavy (non-hydrogen) atoms. The van der Waals surface area contributed by atoms with Gasteiger partial charge in [0.25, 0.3) is 0 Å². The Hall–Kier alpha value is -2.49. The molecule has 0 aliphatic carbocycles. The minimum absolute atomic E-state index is 0.198. The summed E-state index contributed by atoms with van der Waals surface area (Å²) in [4.78, 5) is 2.24. The molecular formula is C19H19FN2O. The Bertz CT molecular complexity index is 913. The van der Waals surface area contributed by atoms with Crippen LogP contribution < -0.4 is 4.90 Å². The molecule has 0 saturated heterocycles. The molecule has 0 bridgehead atoms. The zero-order valence-electron chi connectivity index (χ0n) is 13.3. The van der Waals surface area contributed by atoms with Gasteiger partial charge in [0.05, 0.1) is 0 Å². The minimum Gasteiger partial charge on any atom is -0.508 e. The topological polar surface area (TPSA) is 28.4 Å². The van der Waals surface area contributed by atoms with E-state index in [1.807, 2.05) is 38.2 Å². The predicted octanol–water partition coefficient (Wildman–Crippen LogP) is 3.89. The van der Waals surface area contributed by atoms with Crippen molar-refractivity contribution in [2.75, 3.05) is 11.4 Å². The summed E-state index contributed by atoms with van der Waals surface area (Å²) in [7, 11) is 2.05. The van der Waals surface area contributed by atoms with Crippen molar-refractivity contribution < 1.29 is 9.50 Å². The molecule has 2 aromatic carbocycles. The van der Waals surface area contributed by atoms with Crippen LogP contribution >= 0.6 is 0 Å². The number of aromatic hydroxyl groups is 1. The number of aryl methyl sites for hydroxylation is 2. The fourth-order valence-corrected chi connectivity index (χ4v) is 3.57. The normalized spacial score (nSPS) is 14.3. The lowest BCUT2D eigenvalue weighted by molar-refractivity contribution is 0.471. The molecular weight excluding hydrogens is 291 g/mol. The lowest BCUT2D eigenvalue weighted by Crippen LogP contribution is -2.30. The maximum Gasteiger partial charge on any atom is 0.123 e. The number of fused-ring (bicyclic) bond motifs is 3. The number of halogens is 1. The molecule has 0 atom stereocenters. The van der Waals surface area contributed by atoms with E-state index < -0.39 is 0 Å². The molecule has 118 valence electrons. The van der Waals surface area contributed by atoms with Crippen molar-refractivity contribution in [3.05, 3.63) is 59.0 Å². The molecule has 0 amide bonds. The van der Waals surface area contributed by atoms with Crippen LogP contribution in [0, 0.1) is 12.7 Å². The van der Waals surface area contributed by atoms with Crippen LogP contribution in [0.1, 0.15) is 16.8 Å². The highest BCUT2D eigenvalue weighted by Gasteiger charge is 2.23. The highest BCUT2D eigenvalue weighted by atomic mass is 19.1. The lowest BCUT2D eigenvalue weighted by Gasteiger charge is -2.30. The zero-order valence-corrected chi connectivity index (χ0v) is 13.3. The summed E-state index contributed by atoms with van der Waals surface area (Å²) in [5, 5.41) is 10.9. The van der Waals surface area contributed by atoms with Gasteiger partial charge in [-0.05, 0) is 36.8 Å². The molecule has 0 spiro atoms. The minimum atomic E-state index is -0.198. The zero-order chi connectivity index (χ0) is 16.1. The van der Waals surface area contributed by atoms with E-state index in [1.165, 1.54) is 17.3 Å². The third-order valence-corrected chi connectivity index (χ3v) is 4.92. The molecule has 0 saturated carbocycles. The van der Waals surface area contributed by atoms with Gasteiger partial charge in [-0.3, -0.25) is 0 Å². The highest BCUT2D eigenvalue weighted by molar-refractivity contribution is 5.86. The number of hydrogen-bond acceptors (Lipinski definition) is 2. The summed E-state index contributed by atoms with van der Waals surface area (Å²) in [6.45, 7) is 3.52. The van der Waals surface area contributed by atoms with Crippen molar-refractivity contribution >= 4 is 16.6 Å². The second kappa shape index (κ2) is 5.01. The van der Waals surface area contributed by atoms with Crippen molar-refractivity contribution in [2.45, 2.75) is 19.9 Å². The standard InChI is InChI=1S/C19H19FN2O/c1-12-3-5-14(10-19(12)23)22-8-7-18-16(11-22)15-9-13(20)4-6-17(15)21(18)2/h3-6,9-10,23H,7-8,11H2,1-2H3. The number of benzene rings is 2. The van der Waals surface area contributed by atoms with Crippen molar-refractivity contribution in [1.82, 2.24) is 4.57 Å². The predicted molar refractivity (Wildman–Crippen MR) is 90.5 cm³/mol. The average molecular weight is 310 g/mol. The highest BCUT2D eigenvalue weighted by Crippen LogP contribution is 2.33. The second-order valence-electron chi connectivity index (χ2n) is 6.29. The Labute approximate surface area is 134 Å². The van der Waals surface area contributed by atoms with Crippen LogP contribution in [-0.2, 0) is 20.0 Å². The van der Waals surface area contributed by atoms with Gasteiger partial charge in [-0.1, -0.05) is 6.07 Å². The van der Waals surface area contributed by atoms with Crippen LogP contribution in [0.25, 0.3) is 10.9 Å². The summed E-state index contributed by atoms with van der Waals surface area (Å²) < 4.78 is 15.9. The SMILES string of the molecule is Cc1ccc(N2CCc3c(c4cc(F)ccc4n3C)C2)cc1O. The Morgan fingerprint density at radius 1 is 1.13 bits per heavy atom. The van der Waals surface area contributed by atoms with Gasteiger partial charge in [0, 0.05) is 60.5 Å². The van der Waals surface area contributed by atoms with Crippen LogP contribution in [0.5, 0.6) is 5.75 Å².